The second kappa shape index (κ2) is 5.31. The fourth-order valence-corrected chi connectivity index (χ4v) is 2.46. The third-order valence-electron chi connectivity index (χ3n) is 2.50. The highest BCUT2D eigenvalue weighted by molar-refractivity contribution is 7.14. The first-order valence-corrected chi connectivity index (χ1v) is 6.77. The van der Waals surface area contributed by atoms with Crippen LogP contribution in [0.15, 0.2) is 29.6 Å². The number of benzene rings is 1. The van der Waals surface area contributed by atoms with Crippen molar-refractivity contribution in [1.82, 2.24) is 4.98 Å². The van der Waals surface area contributed by atoms with E-state index in [0.717, 1.165) is 22.0 Å². The van der Waals surface area contributed by atoms with Gasteiger partial charge in [-0.3, -0.25) is 4.79 Å². The average molecular weight is 260 g/mol. The summed E-state index contributed by atoms with van der Waals surface area (Å²) in [6.45, 7) is 5.74. The number of ketones is 1. The summed E-state index contributed by atoms with van der Waals surface area (Å²) >= 11 is 1.59. The summed E-state index contributed by atoms with van der Waals surface area (Å²) in [5.74, 6) is 0.0852. The van der Waals surface area contributed by atoms with E-state index in [1.807, 2.05) is 29.6 Å². The summed E-state index contributed by atoms with van der Waals surface area (Å²) < 4.78 is 0. The van der Waals surface area contributed by atoms with Crippen LogP contribution in [0.2, 0.25) is 0 Å². The van der Waals surface area contributed by atoms with Crippen LogP contribution in [-0.2, 0) is 0 Å². The smallest absolute Gasteiger partial charge is 0.183 e. The maximum atomic E-state index is 11.2. The molecule has 0 amide bonds. The van der Waals surface area contributed by atoms with Crippen LogP contribution in [0.5, 0.6) is 0 Å². The van der Waals surface area contributed by atoms with Crippen molar-refractivity contribution in [3.05, 3.63) is 35.2 Å². The SMILES string of the molecule is CC(=O)c1ccc(-c2csc(NC(C)C)n2)cc1. The standard InChI is InChI=1S/C14H16N2OS/c1-9(2)15-14-16-13(8-18-14)12-6-4-11(5-7-12)10(3)17/h4-9H,1-3H3,(H,15,16). The zero-order valence-corrected chi connectivity index (χ0v) is 11.5. The highest BCUT2D eigenvalue weighted by atomic mass is 32.1. The summed E-state index contributed by atoms with van der Waals surface area (Å²) in [7, 11) is 0. The van der Waals surface area contributed by atoms with Gasteiger partial charge in [-0.15, -0.1) is 11.3 Å². The molecular formula is C14H16N2OS. The van der Waals surface area contributed by atoms with E-state index in [-0.39, 0.29) is 5.78 Å². The number of aromatic nitrogens is 1. The Kier molecular flexibility index (Phi) is 3.77. The monoisotopic (exact) mass is 260 g/mol. The highest BCUT2D eigenvalue weighted by Crippen LogP contribution is 2.25. The van der Waals surface area contributed by atoms with Crippen LogP contribution < -0.4 is 5.32 Å². The van der Waals surface area contributed by atoms with E-state index in [0.29, 0.717) is 6.04 Å². The number of nitrogens with one attached hydrogen (secondary N) is 1. The van der Waals surface area contributed by atoms with E-state index in [1.54, 1.807) is 18.3 Å². The van der Waals surface area contributed by atoms with E-state index in [2.05, 4.69) is 24.1 Å². The minimum Gasteiger partial charge on any atom is -0.359 e. The lowest BCUT2D eigenvalue weighted by Crippen LogP contribution is -2.08. The van der Waals surface area contributed by atoms with Crippen LogP contribution in [0.4, 0.5) is 5.13 Å². The summed E-state index contributed by atoms with van der Waals surface area (Å²) in [6, 6.07) is 7.93. The van der Waals surface area contributed by atoms with E-state index >= 15 is 0 Å². The van der Waals surface area contributed by atoms with Crippen molar-refractivity contribution in [2.24, 2.45) is 0 Å². The highest BCUT2D eigenvalue weighted by Gasteiger charge is 2.06. The molecule has 1 N–H and O–H groups in total. The molecule has 0 atom stereocenters. The van der Waals surface area contributed by atoms with Gasteiger partial charge >= 0.3 is 0 Å². The van der Waals surface area contributed by atoms with Crippen molar-refractivity contribution in [2.45, 2.75) is 26.8 Å². The molecule has 1 aromatic carbocycles. The molecule has 4 heteroatoms. The largest absolute Gasteiger partial charge is 0.359 e. The van der Waals surface area contributed by atoms with Gasteiger partial charge in [-0.25, -0.2) is 4.98 Å². The second-order valence-electron chi connectivity index (χ2n) is 4.47. The van der Waals surface area contributed by atoms with E-state index in [1.165, 1.54) is 0 Å². The topological polar surface area (TPSA) is 42.0 Å². The number of Topliss-reactive ketones (excluding diaryl/α,β-unsaturated/α-hetero) is 1. The Balaban J connectivity index is 2.20. The zero-order valence-electron chi connectivity index (χ0n) is 10.7. The summed E-state index contributed by atoms with van der Waals surface area (Å²) in [5.41, 5.74) is 2.71. The van der Waals surface area contributed by atoms with Crippen LogP contribution in [0, 0.1) is 0 Å². The van der Waals surface area contributed by atoms with Crippen LogP contribution in [0.3, 0.4) is 0 Å². The number of thiazole rings is 1. The first kappa shape index (κ1) is 12.8. The first-order chi connectivity index (χ1) is 8.56. The van der Waals surface area contributed by atoms with Crippen LogP contribution in [0.25, 0.3) is 11.3 Å². The fraction of sp³-hybridized carbons (Fsp3) is 0.286. The molecule has 18 heavy (non-hydrogen) atoms. The van der Waals surface area contributed by atoms with E-state index in [9.17, 15) is 4.79 Å². The van der Waals surface area contributed by atoms with Crippen LogP contribution in [0.1, 0.15) is 31.1 Å². The predicted octanol–water partition coefficient (Wildman–Crippen LogP) is 3.83. The van der Waals surface area contributed by atoms with Gasteiger partial charge in [-0.1, -0.05) is 24.3 Å². The number of carbonyl (C=O) groups excluding carboxylic acids is 1. The molecule has 0 fully saturated rings. The Morgan fingerprint density at radius 2 is 1.94 bits per heavy atom. The molecule has 0 unspecified atom stereocenters. The summed E-state index contributed by atoms with van der Waals surface area (Å²) in [4.78, 5) is 15.7. The Morgan fingerprint density at radius 3 is 2.50 bits per heavy atom. The molecule has 0 bridgehead atoms. The number of hydrogen-bond acceptors (Lipinski definition) is 4. The third kappa shape index (κ3) is 2.96. The minimum atomic E-state index is 0.0852. The van der Waals surface area contributed by atoms with Gasteiger partial charge in [-0.2, -0.15) is 0 Å². The molecule has 0 aliphatic rings. The molecule has 2 rings (SSSR count). The first-order valence-electron chi connectivity index (χ1n) is 5.89. The summed E-state index contributed by atoms with van der Waals surface area (Å²) in [6.07, 6.45) is 0. The number of anilines is 1. The molecule has 0 aliphatic heterocycles. The molecule has 3 nitrogen and oxygen atoms in total. The van der Waals surface area contributed by atoms with Gasteiger partial charge in [0.05, 0.1) is 5.69 Å². The zero-order chi connectivity index (χ0) is 13.1. The minimum absolute atomic E-state index is 0.0852. The van der Waals surface area contributed by atoms with Gasteiger partial charge in [0.25, 0.3) is 0 Å². The van der Waals surface area contributed by atoms with Gasteiger partial charge < -0.3 is 5.32 Å². The van der Waals surface area contributed by atoms with Crippen LogP contribution >= 0.6 is 11.3 Å². The molecule has 0 spiro atoms. The Morgan fingerprint density at radius 1 is 1.28 bits per heavy atom. The second-order valence-corrected chi connectivity index (χ2v) is 5.33. The molecule has 94 valence electrons. The molecule has 1 heterocycles. The van der Waals surface area contributed by atoms with Gasteiger partial charge in [0.2, 0.25) is 0 Å². The fourth-order valence-electron chi connectivity index (χ4n) is 1.60. The van der Waals surface area contributed by atoms with Crippen molar-refractivity contribution in [3.63, 3.8) is 0 Å². The molecule has 1 aromatic heterocycles. The molecular weight excluding hydrogens is 244 g/mol. The lowest BCUT2D eigenvalue weighted by Gasteiger charge is -2.04. The Labute approximate surface area is 111 Å². The van der Waals surface area contributed by atoms with Gasteiger partial charge in [0, 0.05) is 22.5 Å². The molecule has 2 aromatic rings. The maximum absolute atomic E-state index is 11.2. The number of nitrogens with zero attached hydrogens (tertiary/aromatic N) is 1. The lowest BCUT2D eigenvalue weighted by molar-refractivity contribution is 0.101. The van der Waals surface area contributed by atoms with Crippen molar-refractivity contribution in [2.75, 3.05) is 5.32 Å². The average Bonchev–Trinajstić information content (AvgIpc) is 2.76. The van der Waals surface area contributed by atoms with Crippen molar-refractivity contribution in [1.29, 1.82) is 0 Å². The third-order valence-corrected chi connectivity index (χ3v) is 3.28. The van der Waals surface area contributed by atoms with Crippen molar-refractivity contribution in [3.8, 4) is 11.3 Å². The number of carbonyl (C=O) groups is 1. The van der Waals surface area contributed by atoms with Gasteiger partial charge in [-0.05, 0) is 20.8 Å². The number of rotatable bonds is 4. The number of hydrogen-bond donors (Lipinski definition) is 1. The molecule has 0 aliphatic carbocycles. The quantitative estimate of drug-likeness (QED) is 0.849. The normalized spacial score (nSPS) is 10.7. The van der Waals surface area contributed by atoms with Crippen molar-refractivity contribution < 1.29 is 4.79 Å². The molecule has 0 saturated heterocycles. The van der Waals surface area contributed by atoms with Crippen LogP contribution in [-0.4, -0.2) is 16.8 Å². The van der Waals surface area contributed by atoms with E-state index < -0.39 is 0 Å². The van der Waals surface area contributed by atoms with Gasteiger partial charge in [0.15, 0.2) is 10.9 Å². The Bertz CT molecular complexity index is 543. The molecule has 0 saturated carbocycles. The molecule has 0 radical (unpaired) electrons. The predicted molar refractivity (Wildman–Crippen MR) is 76.3 cm³/mol. The lowest BCUT2D eigenvalue weighted by atomic mass is 10.1. The summed E-state index contributed by atoms with van der Waals surface area (Å²) in [5, 5.41) is 6.23. The van der Waals surface area contributed by atoms with Gasteiger partial charge in [0.1, 0.15) is 0 Å². The van der Waals surface area contributed by atoms with Crippen molar-refractivity contribution >= 4 is 22.3 Å². The Hall–Kier alpha value is -1.68. The van der Waals surface area contributed by atoms with E-state index in [4.69, 9.17) is 0 Å². The maximum Gasteiger partial charge on any atom is 0.183 e.